The van der Waals surface area contributed by atoms with E-state index in [4.69, 9.17) is 10.5 Å². The number of anilines is 1. The number of hydrogen-bond acceptors (Lipinski definition) is 12. The lowest BCUT2D eigenvalue weighted by Crippen LogP contribution is -2.77. The Labute approximate surface area is 247 Å². The lowest BCUT2D eigenvalue weighted by Gasteiger charge is -2.56. The van der Waals surface area contributed by atoms with Crippen LogP contribution in [-0.4, -0.2) is 124 Å². The summed E-state index contributed by atoms with van der Waals surface area (Å²) in [7, 11) is 2.86. The summed E-state index contributed by atoms with van der Waals surface area (Å²) in [4.78, 5) is 82.9. The fraction of sp³-hybridized carbons (Fsp3) is 0.586. The van der Waals surface area contributed by atoms with Crippen molar-refractivity contribution in [3.63, 3.8) is 0 Å². The van der Waals surface area contributed by atoms with Crippen molar-refractivity contribution in [2.24, 2.45) is 29.4 Å². The molecule has 0 bridgehead atoms. The maximum atomic E-state index is 14.1. The topological polar surface area (TPSA) is 217 Å². The van der Waals surface area contributed by atoms with Gasteiger partial charge in [-0.1, -0.05) is 13.0 Å². The van der Waals surface area contributed by atoms with Crippen LogP contribution in [0, 0.1) is 23.7 Å². The second-order valence-electron chi connectivity index (χ2n) is 12.2. The van der Waals surface area contributed by atoms with E-state index in [2.05, 4.69) is 5.32 Å². The third-order valence-electron chi connectivity index (χ3n) is 9.62. The van der Waals surface area contributed by atoms with Gasteiger partial charge in [0, 0.05) is 18.5 Å². The second-order valence-corrected chi connectivity index (χ2v) is 12.2. The number of carbonyl (C=O) groups is 6. The highest BCUT2D eigenvalue weighted by Gasteiger charge is 2.72. The smallest absolute Gasteiger partial charge is 0.238 e. The lowest BCUT2D eigenvalue weighted by atomic mass is 9.49. The van der Waals surface area contributed by atoms with Gasteiger partial charge in [-0.15, -0.1) is 0 Å². The fourth-order valence-corrected chi connectivity index (χ4v) is 7.46. The average molecular weight is 601 g/mol. The van der Waals surface area contributed by atoms with Crippen LogP contribution >= 0.6 is 0 Å². The molecule has 1 saturated heterocycles. The Kier molecular flexibility index (Phi) is 7.80. The number of carbonyl (C=O) groups excluding carboxylic acids is 6. The van der Waals surface area contributed by atoms with Crippen LogP contribution in [0.2, 0.25) is 0 Å². The largest absolute Gasteiger partial charge is 0.505 e. The zero-order chi connectivity index (χ0) is 31.7. The quantitative estimate of drug-likeness (QED) is 0.184. The van der Waals surface area contributed by atoms with Gasteiger partial charge in [0.2, 0.25) is 11.8 Å². The van der Waals surface area contributed by atoms with Gasteiger partial charge in [0.05, 0.1) is 55.0 Å². The number of nitrogens with zero attached hydrogens (tertiary/aromatic N) is 2. The van der Waals surface area contributed by atoms with Crippen molar-refractivity contribution in [3.05, 3.63) is 23.3 Å². The van der Waals surface area contributed by atoms with Gasteiger partial charge >= 0.3 is 0 Å². The zero-order valence-corrected chi connectivity index (χ0v) is 24.3. The number of nitrogens with one attached hydrogen (secondary N) is 1. The third-order valence-corrected chi connectivity index (χ3v) is 9.62. The number of benzene rings is 1. The summed E-state index contributed by atoms with van der Waals surface area (Å²) in [5, 5.41) is 37.2. The normalized spacial score (nSPS) is 36.2. The van der Waals surface area contributed by atoms with Crippen molar-refractivity contribution < 1.29 is 48.8 Å². The lowest BCUT2D eigenvalue weighted by molar-refractivity contribution is -0.196. The molecule has 1 aliphatic heterocycles. The van der Waals surface area contributed by atoms with Crippen molar-refractivity contribution >= 4 is 40.6 Å². The Hall–Kier alpha value is -3.56. The first-order valence-electron chi connectivity index (χ1n) is 14.1. The Balaban J connectivity index is 1.54. The highest BCUT2D eigenvalue weighted by molar-refractivity contribution is 6.32. The van der Waals surface area contributed by atoms with Gasteiger partial charge in [0.15, 0.2) is 34.7 Å². The number of phenolic OH excluding ortho intramolecular Hbond substituents is 1. The number of hydrogen-bond donors (Lipinski definition) is 5. The van der Waals surface area contributed by atoms with Crippen LogP contribution < -0.4 is 11.1 Å². The standard InChI is InChI=1S/C29H36N4O10/c1-11-10-43-8-7-33(11)9-15(34)31-14-6-5-13-12(2)16-18(23(36)17(13)22(14)35)26(39)29(42)20(24(16)37)21(32(3)4)25(38)19(27(29)40)28(30)41/h5-6,11-12,16,18-21,24,35,37,42H,7-10H2,1-4H3,(H2,30,41)(H,31,34)/t11?,12?,16?,18?,19?,20?,21-,24?,29-/m0/s1. The van der Waals surface area contributed by atoms with Gasteiger partial charge in [0.25, 0.3) is 0 Å². The number of morpholine rings is 1. The summed E-state index contributed by atoms with van der Waals surface area (Å²) in [6.45, 7) is 5.00. The van der Waals surface area contributed by atoms with E-state index in [1.54, 1.807) is 6.92 Å². The molecule has 43 heavy (non-hydrogen) atoms. The number of amides is 2. The molecule has 5 rings (SSSR count). The molecule has 2 amide bonds. The van der Waals surface area contributed by atoms with Crippen LogP contribution in [0.3, 0.4) is 0 Å². The number of aliphatic hydroxyl groups is 2. The van der Waals surface area contributed by atoms with E-state index in [1.165, 1.54) is 31.1 Å². The van der Waals surface area contributed by atoms with Crippen LogP contribution in [0.5, 0.6) is 5.75 Å². The Morgan fingerprint density at radius 2 is 1.84 bits per heavy atom. The number of Topliss-reactive ketones (excluding diaryl/α,β-unsaturated/α-hetero) is 4. The van der Waals surface area contributed by atoms with E-state index in [-0.39, 0.29) is 29.4 Å². The van der Waals surface area contributed by atoms with Crippen molar-refractivity contribution in [1.29, 1.82) is 0 Å². The molecule has 0 radical (unpaired) electrons. The predicted octanol–water partition coefficient (Wildman–Crippen LogP) is -1.94. The number of primary amides is 1. The molecule has 1 aromatic carbocycles. The average Bonchev–Trinajstić information content (AvgIpc) is 2.93. The van der Waals surface area contributed by atoms with Crippen LogP contribution in [0.4, 0.5) is 5.69 Å². The summed E-state index contributed by atoms with van der Waals surface area (Å²) in [5.74, 6) is -14.7. The van der Waals surface area contributed by atoms with Crippen molar-refractivity contribution in [2.75, 3.05) is 45.7 Å². The Morgan fingerprint density at radius 3 is 2.44 bits per heavy atom. The van der Waals surface area contributed by atoms with E-state index in [9.17, 15) is 44.1 Å². The van der Waals surface area contributed by atoms with Gasteiger partial charge in [-0.2, -0.15) is 0 Å². The van der Waals surface area contributed by atoms with Gasteiger partial charge < -0.3 is 31.1 Å². The summed E-state index contributed by atoms with van der Waals surface area (Å²) < 4.78 is 5.38. The first-order valence-corrected chi connectivity index (χ1v) is 14.1. The summed E-state index contributed by atoms with van der Waals surface area (Å²) in [6, 6.07) is 1.47. The fourth-order valence-electron chi connectivity index (χ4n) is 7.46. The maximum Gasteiger partial charge on any atom is 0.238 e. The van der Waals surface area contributed by atoms with Gasteiger partial charge in [-0.3, -0.25) is 38.6 Å². The van der Waals surface area contributed by atoms with Gasteiger partial charge in [-0.05, 0) is 38.6 Å². The predicted molar refractivity (Wildman–Crippen MR) is 148 cm³/mol. The van der Waals surface area contributed by atoms with E-state index < -0.39 is 88.0 Å². The van der Waals surface area contributed by atoms with E-state index in [1.807, 2.05) is 11.8 Å². The molecule has 6 N–H and O–H groups in total. The zero-order valence-electron chi connectivity index (χ0n) is 24.3. The summed E-state index contributed by atoms with van der Waals surface area (Å²) in [6.07, 6.45) is -1.72. The first-order chi connectivity index (χ1) is 20.1. The monoisotopic (exact) mass is 600 g/mol. The molecule has 9 atom stereocenters. The minimum absolute atomic E-state index is 0.00407. The number of fused-ring (bicyclic) bond motifs is 3. The number of nitrogens with two attached hydrogens (primary N) is 1. The summed E-state index contributed by atoms with van der Waals surface area (Å²) >= 11 is 0. The number of phenols is 1. The van der Waals surface area contributed by atoms with Crippen LogP contribution in [0.25, 0.3) is 0 Å². The number of aromatic hydroxyl groups is 1. The van der Waals surface area contributed by atoms with E-state index in [0.717, 1.165) is 0 Å². The Morgan fingerprint density at radius 1 is 1.16 bits per heavy atom. The number of likely N-dealkylation sites (N-methyl/N-ethyl adjacent to an activating group) is 1. The molecule has 3 aliphatic carbocycles. The highest BCUT2D eigenvalue weighted by Crippen LogP contribution is 2.55. The molecule has 232 valence electrons. The minimum Gasteiger partial charge on any atom is -0.505 e. The molecule has 3 fully saturated rings. The number of rotatable bonds is 5. The van der Waals surface area contributed by atoms with Crippen LogP contribution in [0.1, 0.15) is 35.7 Å². The molecular formula is C29H36N4O10. The Bertz CT molecular complexity index is 1430. The molecule has 0 spiro atoms. The SMILES string of the molecule is CC1c2ccc(NC(=O)CN3CCOCC3C)c(O)c2C(=O)C2C(=O)[C@]3(O)C(=O)C(C(N)=O)C(=O)[C@@H](N(C)C)C3C(O)C21. The number of aliphatic hydroxyl groups excluding tert-OH is 1. The third kappa shape index (κ3) is 4.51. The number of ketones is 4. The van der Waals surface area contributed by atoms with Crippen LogP contribution in [0.15, 0.2) is 12.1 Å². The molecule has 0 aromatic heterocycles. The molecule has 4 aliphatic rings. The van der Waals surface area contributed by atoms with Crippen LogP contribution in [-0.2, 0) is 28.7 Å². The van der Waals surface area contributed by atoms with Crippen molar-refractivity contribution in [3.8, 4) is 5.75 Å². The highest BCUT2D eigenvalue weighted by atomic mass is 16.5. The molecule has 14 heteroatoms. The van der Waals surface area contributed by atoms with Crippen molar-refractivity contribution in [2.45, 2.75) is 43.6 Å². The van der Waals surface area contributed by atoms with Gasteiger partial charge in [0.1, 0.15) is 5.75 Å². The molecular weight excluding hydrogens is 564 g/mol. The van der Waals surface area contributed by atoms with E-state index >= 15 is 0 Å². The molecule has 14 nitrogen and oxygen atoms in total. The molecule has 2 saturated carbocycles. The van der Waals surface area contributed by atoms with Gasteiger partial charge in [-0.25, -0.2) is 0 Å². The molecule has 7 unspecified atom stereocenters. The molecule has 1 aromatic rings. The minimum atomic E-state index is -3.08. The maximum absolute atomic E-state index is 14.1. The summed E-state index contributed by atoms with van der Waals surface area (Å²) in [5.41, 5.74) is 2.17. The first kappa shape index (κ1) is 30.9. The van der Waals surface area contributed by atoms with E-state index in [0.29, 0.717) is 19.8 Å². The second kappa shape index (κ2) is 10.9. The molecule has 1 heterocycles. The number of ether oxygens (including phenoxy) is 1. The van der Waals surface area contributed by atoms with Crippen molar-refractivity contribution in [1.82, 2.24) is 9.80 Å².